The Kier molecular flexibility index (Phi) is 8.09. The van der Waals surface area contributed by atoms with Crippen molar-refractivity contribution in [2.45, 2.75) is 27.3 Å². The lowest BCUT2D eigenvalue weighted by Crippen LogP contribution is -2.43. The zero-order valence-electron chi connectivity index (χ0n) is 13.9. The highest BCUT2D eigenvalue weighted by Gasteiger charge is 2.13. The Bertz CT molecular complexity index is 610. The summed E-state index contributed by atoms with van der Waals surface area (Å²) < 4.78 is 0. The fourth-order valence-corrected chi connectivity index (χ4v) is 3.02. The van der Waals surface area contributed by atoms with Gasteiger partial charge in [0.2, 0.25) is 0 Å². The molecule has 3 nitrogen and oxygen atoms in total. The molecule has 1 unspecified atom stereocenters. The Balaban J connectivity index is 0.00000144. The summed E-state index contributed by atoms with van der Waals surface area (Å²) in [6.07, 6.45) is 0. The molecule has 1 atom stereocenters. The Morgan fingerprint density at radius 1 is 1.04 bits per heavy atom. The molecule has 132 valence electrons. The van der Waals surface area contributed by atoms with Crippen LogP contribution in [0.2, 0.25) is 0 Å². The summed E-state index contributed by atoms with van der Waals surface area (Å²) in [5.41, 5.74) is 5.20. The Hall–Kier alpha value is -1.71. The van der Waals surface area contributed by atoms with Gasteiger partial charge in [-0.05, 0) is 37.1 Å². The summed E-state index contributed by atoms with van der Waals surface area (Å²) in [6.45, 7) is 8.70. The molecule has 3 rings (SSSR count). The first kappa shape index (κ1) is 20.3. The lowest BCUT2D eigenvalue weighted by atomic mass is 10.1. The second kappa shape index (κ2) is 9.55. The molecule has 0 aliphatic carbocycles. The van der Waals surface area contributed by atoms with E-state index in [4.69, 9.17) is 0 Å². The lowest BCUT2D eigenvalue weighted by Gasteiger charge is -2.31. The number of halogens is 1. The van der Waals surface area contributed by atoms with Gasteiger partial charge in [-0.1, -0.05) is 43.8 Å². The molecule has 2 aromatic carbocycles. The molecule has 0 amide bonds. The van der Waals surface area contributed by atoms with E-state index < -0.39 is 0 Å². The maximum absolute atomic E-state index is 3.62. The fraction of sp³-hybridized carbons (Fsp3) is 0.400. The van der Waals surface area contributed by atoms with Gasteiger partial charge >= 0.3 is 0 Å². The number of anilines is 2. The number of piperazine rings is 1. The van der Waals surface area contributed by atoms with Crippen LogP contribution in [-0.2, 0) is 0 Å². The summed E-state index contributed by atoms with van der Waals surface area (Å²) in [4.78, 5) is 2.48. The van der Waals surface area contributed by atoms with Crippen molar-refractivity contribution in [1.82, 2.24) is 5.32 Å². The molecule has 4 heteroatoms. The first-order chi connectivity index (χ1) is 10.7. The Labute approximate surface area is 152 Å². The van der Waals surface area contributed by atoms with Crippen LogP contribution in [0.1, 0.15) is 31.5 Å². The lowest BCUT2D eigenvalue weighted by molar-refractivity contribution is 0.588. The van der Waals surface area contributed by atoms with Crippen molar-refractivity contribution >= 4 is 23.8 Å². The van der Waals surface area contributed by atoms with Crippen molar-refractivity contribution in [2.75, 3.05) is 36.4 Å². The molecule has 1 heterocycles. The third-order valence-electron chi connectivity index (χ3n) is 4.35. The molecule has 1 fully saturated rings. The molecule has 0 bridgehead atoms. The predicted octanol–water partition coefficient (Wildman–Crippen LogP) is 4.64. The number of hydrogen-bond donors (Lipinski definition) is 2. The topological polar surface area (TPSA) is 27.3 Å². The van der Waals surface area contributed by atoms with Gasteiger partial charge in [-0.2, -0.15) is 0 Å². The molecule has 2 N–H and O–H groups in total. The normalized spacial score (nSPS) is 15.0. The molecule has 0 aromatic heterocycles. The van der Waals surface area contributed by atoms with Crippen LogP contribution in [0.4, 0.5) is 11.4 Å². The minimum absolute atomic E-state index is 0. The van der Waals surface area contributed by atoms with E-state index >= 15 is 0 Å². The number of nitrogens with one attached hydrogen (secondary N) is 2. The maximum Gasteiger partial charge on any atom is 0.0485 e. The highest BCUT2D eigenvalue weighted by Crippen LogP contribution is 2.27. The predicted molar refractivity (Wildman–Crippen MR) is 109 cm³/mol. The molecular formula is C20H30ClN3. The van der Waals surface area contributed by atoms with E-state index in [2.05, 4.69) is 77.9 Å². The number of rotatable bonds is 4. The van der Waals surface area contributed by atoms with E-state index in [1.54, 1.807) is 0 Å². The quantitative estimate of drug-likeness (QED) is 0.844. The average Bonchev–Trinajstić information content (AvgIpc) is 2.58. The van der Waals surface area contributed by atoms with Crippen molar-refractivity contribution < 1.29 is 0 Å². The van der Waals surface area contributed by atoms with E-state index in [1.807, 2.05) is 0 Å². The largest absolute Gasteiger partial charge is 0.378 e. The first-order valence-electron chi connectivity index (χ1n) is 8.12. The van der Waals surface area contributed by atoms with Crippen LogP contribution in [0.3, 0.4) is 0 Å². The number of nitrogens with zero attached hydrogens (tertiary/aromatic N) is 1. The van der Waals surface area contributed by atoms with Gasteiger partial charge in [0.25, 0.3) is 0 Å². The van der Waals surface area contributed by atoms with E-state index in [0.717, 1.165) is 26.2 Å². The van der Waals surface area contributed by atoms with Gasteiger partial charge < -0.3 is 15.5 Å². The van der Waals surface area contributed by atoms with Crippen molar-refractivity contribution in [3.8, 4) is 0 Å². The number of hydrogen-bond acceptors (Lipinski definition) is 3. The Morgan fingerprint density at radius 3 is 2.38 bits per heavy atom. The van der Waals surface area contributed by atoms with Crippen LogP contribution in [0.5, 0.6) is 0 Å². The summed E-state index contributed by atoms with van der Waals surface area (Å²) in [6, 6.07) is 17.6. The molecule has 2 aromatic rings. The highest BCUT2D eigenvalue weighted by atomic mass is 35.5. The molecular weight excluding hydrogens is 318 g/mol. The highest BCUT2D eigenvalue weighted by molar-refractivity contribution is 5.85. The summed E-state index contributed by atoms with van der Waals surface area (Å²) in [7, 11) is 0. The third kappa shape index (κ3) is 4.89. The minimum Gasteiger partial charge on any atom is -0.378 e. The third-order valence-corrected chi connectivity index (χ3v) is 4.35. The van der Waals surface area contributed by atoms with E-state index in [1.165, 1.54) is 22.5 Å². The van der Waals surface area contributed by atoms with Crippen LogP contribution >= 0.6 is 12.4 Å². The summed E-state index contributed by atoms with van der Waals surface area (Å²) in [5, 5.41) is 7.04. The molecule has 24 heavy (non-hydrogen) atoms. The van der Waals surface area contributed by atoms with Crippen LogP contribution < -0.4 is 15.5 Å². The summed E-state index contributed by atoms with van der Waals surface area (Å²) in [5.74, 6) is 0. The van der Waals surface area contributed by atoms with E-state index in [0.29, 0.717) is 6.04 Å². The van der Waals surface area contributed by atoms with Crippen LogP contribution in [0.15, 0.2) is 48.5 Å². The van der Waals surface area contributed by atoms with Crippen molar-refractivity contribution in [3.63, 3.8) is 0 Å². The van der Waals surface area contributed by atoms with Gasteiger partial charge in [0.15, 0.2) is 0 Å². The standard InChI is InChI=1S/C19H25N3.CH4.ClH/c1-15-8-9-18(14-19(15)22-12-10-20-11-13-22)21-16(2)17-6-4-3-5-7-17;;/h3-9,14,16,20-21H,10-13H2,1-2H3;1H4;1H. The Morgan fingerprint density at radius 2 is 1.71 bits per heavy atom. The monoisotopic (exact) mass is 347 g/mol. The second-order valence-corrected chi connectivity index (χ2v) is 6.02. The average molecular weight is 348 g/mol. The zero-order valence-corrected chi connectivity index (χ0v) is 14.7. The van der Waals surface area contributed by atoms with Crippen LogP contribution in [0, 0.1) is 6.92 Å². The number of aryl methyl sites for hydroxylation is 1. The van der Waals surface area contributed by atoms with Crippen molar-refractivity contribution in [1.29, 1.82) is 0 Å². The SMILES string of the molecule is C.Cc1ccc(NC(C)c2ccccc2)cc1N1CCNCC1.Cl. The van der Waals surface area contributed by atoms with Crippen LogP contribution in [0.25, 0.3) is 0 Å². The van der Waals surface area contributed by atoms with Crippen LogP contribution in [-0.4, -0.2) is 26.2 Å². The minimum atomic E-state index is 0. The van der Waals surface area contributed by atoms with E-state index in [9.17, 15) is 0 Å². The van der Waals surface area contributed by atoms with Gasteiger partial charge in [0, 0.05) is 43.6 Å². The van der Waals surface area contributed by atoms with Crippen molar-refractivity contribution in [3.05, 3.63) is 59.7 Å². The zero-order chi connectivity index (χ0) is 15.4. The maximum atomic E-state index is 3.62. The smallest absolute Gasteiger partial charge is 0.0485 e. The molecule has 1 saturated heterocycles. The van der Waals surface area contributed by atoms with Crippen molar-refractivity contribution in [2.24, 2.45) is 0 Å². The molecule has 1 aliphatic heterocycles. The first-order valence-corrected chi connectivity index (χ1v) is 8.12. The molecule has 0 saturated carbocycles. The second-order valence-electron chi connectivity index (χ2n) is 6.02. The molecule has 1 aliphatic rings. The number of benzene rings is 2. The van der Waals surface area contributed by atoms with Gasteiger partial charge in [-0.25, -0.2) is 0 Å². The summed E-state index contributed by atoms with van der Waals surface area (Å²) >= 11 is 0. The molecule has 0 radical (unpaired) electrons. The van der Waals surface area contributed by atoms with Gasteiger partial charge in [0.1, 0.15) is 0 Å². The molecule has 0 spiro atoms. The van der Waals surface area contributed by atoms with E-state index in [-0.39, 0.29) is 19.8 Å². The fourth-order valence-electron chi connectivity index (χ4n) is 3.02. The van der Waals surface area contributed by atoms with Gasteiger partial charge in [0.05, 0.1) is 0 Å². The van der Waals surface area contributed by atoms with Gasteiger partial charge in [-0.15, -0.1) is 12.4 Å². The van der Waals surface area contributed by atoms with Gasteiger partial charge in [-0.3, -0.25) is 0 Å².